The van der Waals surface area contributed by atoms with Crippen LogP contribution in [0.1, 0.15) is 45.4 Å². The number of hydrogen-bond donors (Lipinski definition) is 3. The third-order valence-corrected chi connectivity index (χ3v) is 4.61. The molecule has 1 saturated heterocycles. The monoisotopic (exact) mass is 311 g/mol. The Bertz CT molecular complexity index is 446. The number of piperidine rings is 1. The molecule has 2 aliphatic rings. The fourth-order valence-corrected chi connectivity index (χ4v) is 3.46. The van der Waals surface area contributed by atoms with Gasteiger partial charge in [-0.1, -0.05) is 12.8 Å². The average Bonchev–Trinajstić information content (AvgIpc) is 2.96. The van der Waals surface area contributed by atoms with Crippen LogP contribution >= 0.6 is 0 Å². The van der Waals surface area contributed by atoms with Gasteiger partial charge in [0.1, 0.15) is 5.54 Å². The number of likely N-dealkylation sites (tertiary alicyclic amines) is 1. The van der Waals surface area contributed by atoms with Crippen LogP contribution in [0.15, 0.2) is 0 Å². The summed E-state index contributed by atoms with van der Waals surface area (Å²) in [5.41, 5.74) is -0.861. The number of nitrogens with one attached hydrogen (secondary N) is 2. The summed E-state index contributed by atoms with van der Waals surface area (Å²) < 4.78 is 0. The van der Waals surface area contributed by atoms with E-state index in [1.807, 2.05) is 6.92 Å². The van der Waals surface area contributed by atoms with Crippen molar-refractivity contribution < 1.29 is 19.5 Å². The third-order valence-electron chi connectivity index (χ3n) is 4.61. The third kappa shape index (κ3) is 3.51. The van der Waals surface area contributed by atoms with Gasteiger partial charge in [0.05, 0.1) is 5.92 Å². The topological polar surface area (TPSA) is 98.7 Å². The molecule has 7 nitrogen and oxygen atoms in total. The zero-order valence-electron chi connectivity index (χ0n) is 13.1. The molecule has 3 amide bonds. The summed E-state index contributed by atoms with van der Waals surface area (Å²) in [6, 6.07) is -0.329. The lowest BCUT2D eigenvalue weighted by Crippen LogP contribution is -2.61. The number of carboxylic acids is 1. The molecule has 0 aromatic carbocycles. The standard InChI is InChI=1S/C15H25N3O4/c1-2-16-14(22)17-15(7-3-4-8-15)13(21)18-9-5-6-11(10-18)12(19)20/h11H,2-10H2,1H3,(H,19,20)(H2,16,17,22). The first kappa shape index (κ1) is 16.6. The van der Waals surface area contributed by atoms with Gasteiger partial charge in [0, 0.05) is 19.6 Å². The number of aliphatic carboxylic acids is 1. The number of nitrogens with zero attached hydrogens (tertiary/aromatic N) is 1. The Morgan fingerprint density at radius 2 is 1.91 bits per heavy atom. The SMILES string of the molecule is CCNC(=O)NC1(C(=O)N2CCCC(C(=O)O)C2)CCCC1. The van der Waals surface area contributed by atoms with Crippen LogP contribution in [-0.2, 0) is 9.59 Å². The van der Waals surface area contributed by atoms with Crippen molar-refractivity contribution in [1.82, 2.24) is 15.5 Å². The molecular weight excluding hydrogens is 286 g/mol. The highest BCUT2D eigenvalue weighted by molar-refractivity contribution is 5.91. The Balaban J connectivity index is 2.09. The van der Waals surface area contributed by atoms with E-state index in [2.05, 4.69) is 10.6 Å². The molecule has 1 aliphatic carbocycles. The molecule has 3 N–H and O–H groups in total. The smallest absolute Gasteiger partial charge is 0.315 e. The van der Waals surface area contributed by atoms with E-state index in [1.165, 1.54) is 0 Å². The van der Waals surface area contributed by atoms with E-state index in [9.17, 15) is 14.4 Å². The Hall–Kier alpha value is -1.79. The average molecular weight is 311 g/mol. The van der Waals surface area contributed by atoms with Crippen LogP contribution in [0.3, 0.4) is 0 Å². The lowest BCUT2D eigenvalue weighted by Gasteiger charge is -2.38. The molecule has 124 valence electrons. The van der Waals surface area contributed by atoms with E-state index in [0.29, 0.717) is 38.8 Å². The van der Waals surface area contributed by atoms with Crippen LogP contribution in [0.25, 0.3) is 0 Å². The summed E-state index contributed by atoms with van der Waals surface area (Å²) in [6.07, 6.45) is 4.34. The van der Waals surface area contributed by atoms with Gasteiger partial charge >= 0.3 is 12.0 Å². The van der Waals surface area contributed by atoms with Crippen LogP contribution in [0.4, 0.5) is 4.79 Å². The van der Waals surface area contributed by atoms with Gasteiger partial charge in [0.15, 0.2) is 0 Å². The molecule has 7 heteroatoms. The first-order valence-electron chi connectivity index (χ1n) is 8.06. The predicted molar refractivity (Wildman–Crippen MR) is 80.3 cm³/mol. The van der Waals surface area contributed by atoms with Crippen LogP contribution in [-0.4, -0.2) is 53.1 Å². The molecule has 0 radical (unpaired) electrons. The highest BCUT2D eigenvalue weighted by Gasteiger charge is 2.45. The zero-order chi connectivity index (χ0) is 16.2. The normalized spacial score (nSPS) is 23.9. The van der Waals surface area contributed by atoms with Crippen LogP contribution in [0.5, 0.6) is 0 Å². The molecule has 1 unspecified atom stereocenters. The summed E-state index contributed by atoms with van der Waals surface area (Å²) in [4.78, 5) is 37.6. The van der Waals surface area contributed by atoms with Gasteiger partial charge in [0.25, 0.3) is 0 Å². The van der Waals surface area contributed by atoms with Crippen molar-refractivity contribution in [2.75, 3.05) is 19.6 Å². The largest absolute Gasteiger partial charge is 0.481 e. The number of rotatable bonds is 4. The maximum atomic E-state index is 12.9. The minimum Gasteiger partial charge on any atom is -0.481 e. The highest BCUT2D eigenvalue weighted by atomic mass is 16.4. The zero-order valence-corrected chi connectivity index (χ0v) is 13.1. The first-order valence-corrected chi connectivity index (χ1v) is 8.06. The fraction of sp³-hybridized carbons (Fsp3) is 0.800. The number of hydrogen-bond acceptors (Lipinski definition) is 3. The summed E-state index contributed by atoms with van der Waals surface area (Å²) in [6.45, 7) is 3.14. The first-order chi connectivity index (χ1) is 10.5. The summed E-state index contributed by atoms with van der Waals surface area (Å²) >= 11 is 0. The van der Waals surface area contributed by atoms with Crippen molar-refractivity contribution in [1.29, 1.82) is 0 Å². The maximum Gasteiger partial charge on any atom is 0.315 e. The van der Waals surface area contributed by atoms with Crippen LogP contribution < -0.4 is 10.6 Å². The summed E-state index contributed by atoms with van der Waals surface area (Å²) in [5, 5.41) is 14.7. The fourth-order valence-electron chi connectivity index (χ4n) is 3.46. The second-order valence-electron chi connectivity index (χ2n) is 6.20. The molecular formula is C15H25N3O4. The van der Waals surface area contributed by atoms with Gasteiger partial charge in [-0.15, -0.1) is 0 Å². The van der Waals surface area contributed by atoms with Gasteiger partial charge in [-0.25, -0.2) is 4.79 Å². The summed E-state index contributed by atoms with van der Waals surface area (Å²) in [5.74, 6) is -1.47. The molecule has 1 aliphatic heterocycles. The van der Waals surface area contributed by atoms with Gasteiger partial charge in [-0.05, 0) is 32.6 Å². The van der Waals surface area contributed by atoms with E-state index in [-0.39, 0.29) is 18.5 Å². The van der Waals surface area contributed by atoms with E-state index in [1.54, 1.807) is 4.90 Å². The predicted octanol–water partition coefficient (Wildman–Crippen LogP) is 0.941. The van der Waals surface area contributed by atoms with Crippen molar-refractivity contribution in [3.05, 3.63) is 0 Å². The number of urea groups is 1. The number of carboxylic acid groups (broad SMARTS) is 1. The molecule has 1 atom stereocenters. The maximum absolute atomic E-state index is 12.9. The van der Waals surface area contributed by atoms with E-state index in [4.69, 9.17) is 5.11 Å². The Kier molecular flexibility index (Phi) is 5.26. The molecule has 1 saturated carbocycles. The number of carbonyl (C=O) groups excluding carboxylic acids is 2. The lowest BCUT2D eigenvalue weighted by atomic mass is 9.92. The van der Waals surface area contributed by atoms with Crippen LogP contribution in [0.2, 0.25) is 0 Å². The second kappa shape index (κ2) is 6.98. The van der Waals surface area contributed by atoms with Gasteiger partial charge < -0.3 is 20.6 Å². The van der Waals surface area contributed by atoms with Gasteiger partial charge in [0.2, 0.25) is 5.91 Å². The molecule has 0 bridgehead atoms. The van der Waals surface area contributed by atoms with E-state index < -0.39 is 17.4 Å². The molecule has 0 aromatic rings. The summed E-state index contributed by atoms with van der Waals surface area (Å²) in [7, 11) is 0. The minimum atomic E-state index is -0.861. The quantitative estimate of drug-likeness (QED) is 0.719. The number of amides is 3. The Morgan fingerprint density at radius 1 is 1.23 bits per heavy atom. The van der Waals surface area contributed by atoms with Gasteiger partial charge in [-0.2, -0.15) is 0 Å². The molecule has 2 rings (SSSR count). The lowest BCUT2D eigenvalue weighted by molar-refractivity contribution is -0.147. The van der Waals surface area contributed by atoms with Gasteiger partial charge in [-0.3, -0.25) is 9.59 Å². The molecule has 22 heavy (non-hydrogen) atoms. The Labute approximate surface area is 130 Å². The van der Waals surface area contributed by atoms with E-state index >= 15 is 0 Å². The van der Waals surface area contributed by atoms with Crippen molar-refractivity contribution in [3.63, 3.8) is 0 Å². The van der Waals surface area contributed by atoms with E-state index in [0.717, 1.165) is 12.8 Å². The van der Waals surface area contributed by atoms with Crippen molar-refractivity contribution in [3.8, 4) is 0 Å². The van der Waals surface area contributed by atoms with Crippen molar-refractivity contribution >= 4 is 17.9 Å². The number of carbonyl (C=O) groups is 3. The van der Waals surface area contributed by atoms with Crippen LogP contribution in [0, 0.1) is 5.92 Å². The molecule has 2 fully saturated rings. The molecule has 1 heterocycles. The molecule has 0 aromatic heterocycles. The highest BCUT2D eigenvalue weighted by Crippen LogP contribution is 2.33. The minimum absolute atomic E-state index is 0.123. The molecule has 0 spiro atoms. The Morgan fingerprint density at radius 3 is 2.50 bits per heavy atom. The van der Waals surface area contributed by atoms with Crippen molar-refractivity contribution in [2.45, 2.75) is 51.0 Å². The second-order valence-corrected chi connectivity index (χ2v) is 6.20. The van der Waals surface area contributed by atoms with Crippen molar-refractivity contribution in [2.24, 2.45) is 5.92 Å².